The van der Waals surface area contributed by atoms with Crippen molar-refractivity contribution >= 4 is 28.8 Å². The molecule has 0 saturated carbocycles. The van der Waals surface area contributed by atoms with Crippen LogP contribution in [0.2, 0.25) is 0 Å². The van der Waals surface area contributed by atoms with Gasteiger partial charge in [0.15, 0.2) is 0 Å². The molecule has 65 heavy (non-hydrogen) atoms. The molecule has 0 N–H and O–H groups in total. The highest BCUT2D eigenvalue weighted by molar-refractivity contribution is 7.99. The Morgan fingerprint density at radius 1 is 0.308 bits per heavy atom. The average Bonchev–Trinajstić information content (AvgIpc) is 3.82. The van der Waals surface area contributed by atoms with Crippen LogP contribution in [0.25, 0.3) is 33.4 Å². The van der Waals surface area contributed by atoms with Gasteiger partial charge >= 0.3 is 0 Å². The van der Waals surface area contributed by atoms with Crippen LogP contribution in [0.4, 0.5) is 17.1 Å². The van der Waals surface area contributed by atoms with E-state index in [0.29, 0.717) is 0 Å². The smallest absolute Gasteiger partial charge is 0.132 e. The first-order valence-electron chi connectivity index (χ1n) is 22.4. The fourth-order valence-electron chi connectivity index (χ4n) is 11.9. The zero-order chi connectivity index (χ0) is 42.7. The van der Waals surface area contributed by atoms with E-state index in [0.717, 1.165) is 28.6 Å². The van der Waals surface area contributed by atoms with Crippen molar-refractivity contribution in [2.24, 2.45) is 0 Å². The van der Waals surface area contributed by atoms with Crippen molar-refractivity contribution in [3.63, 3.8) is 0 Å². The number of fused-ring (bicyclic) bond motifs is 18. The van der Waals surface area contributed by atoms with Crippen LogP contribution in [-0.4, -0.2) is 0 Å². The minimum atomic E-state index is -0.543. The minimum absolute atomic E-state index is 0.447. The molecule has 4 aliphatic rings. The SMILES string of the molecule is c1ccc(-c2ccccc2N(c2ccc3c(c2)-c2ccccc2C32c3ccccc3Oc3ccccc32)c2ccc3c(c2)-c2ccccc2C32c3ccccc3Sc3ccccc32)cc1. The standard InChI is InChI=1S/C62H39NOS/c1-2-18-40(19-3-1)43-20-6-13-29-56(43)63(41-34-36-50-46(38-41)44-21-4-7-23-48(44)61(50)52-25-9-14-30-57(52)64-58-31-15-10-26-53(58)61)42-35-37-51-47(39-42)45-22-5-8-24-49(45)62(51)54-27-11-16-32-59(54)65-60-33-17-12-28-55(60)62/h1-39H. The monoisotopic (exact) mass is 845 g/mol. The second-order valence-electron chi connectivity index (χ2n) is 17.5. The van der Waals surface area contributed by atoms with Crippen LogP contribution in [0.1, 0.15) is 44.5 Å². The quantitative estimate of drug-likeness (QED) is 0.175. The molecule has 0 atom stereocenters. The lowest BCUT2D eigenvalue weighted by Crippen LogP contribution is -2.32. The molecule has 14 rings (SSSR count). The van der Waals surface area contributed by atoms with Crippen molar-refractivity contribution in [1.82, 2.24) is 0 Å². The average molecular weight is 846 g/mol. The maximum Gasteiger partial charge on any atom is 0.132 e. The molecule has 2 aliphatic carbocycles. The molecule has 0 aromatic heterocycles. The number of hydrogen-bond acceptors (Lipinski definition) is 3. The van der Waals surface area contributed by atoms with Gasteiger partial charge in [-0.15, -0.1) is 0 Å². The molecule has 0 saturated heterocycles. The third-order valence-electron chi connectivity index (χ3n) is 14.4. The molecule has 0 bridgehead atoms. The van der Waals surface area contributed by atoms with E-state index in [2.05, 4.69) is 241 Å². The Bertz CT molecular complexity index is 3300. The van der Waals surface area contributed by atoms with E-state index < -0.39 is 10.8 Å². The largest absolute Gasteiger partial charge is 0.457 e. The number of para-hydroxylation sites is 3. The van der Waals surface area contributed by atoms with Crippen LogP contribution in [0.15, 0.2) is 246 Å². The van der Waals surface area contributed by atoms with E-state index in [-0.39, 0.29) is 0 Å². The van der Waals surface area contributed by atoms with Crippen molar-refractivity contribution in [3.05, 3.63) is 281 Å². The summed E-state index contributed by atoms with van der Waals surface area (Å²) in [5.41, 5.74) is 19.9. The van der Waals surface area contributed by atoms with Crippen LogP contribution in [0.5, 0.6) is 11.5 Å². The maximum atomic E-state index is 6.66. The number of nitrogens with zero attached hydrogens (tertiary/aromatic N) is 1. The van der Waals surface area contributed by atoms with Gasteiger partial charge in [-0.2, -0.15) is 0 Å². The van der Waals surface area contributed by atoms with Gasteiger partial charge < -0.3 is 9.64 Å². The molecular weight excluding hydrogens is 807 g/mol. The summed E-state index contributed by atoms with van der Waals surface area (Å²) < 4.78 is 6.66. The van der Waals surface area contributed by atoms with Crippen LogP contribution in [0.3, 0.4) is 0 Å². The number of benzene rings is 10. The predicted octanol–water partition coefficient (Wildman–Crippen LogP) is 16.1. The molecule has 304 valence electrons. The third-order valence-corrected chi connectivity index (χ3v) is 15.6. The molecule has 0 fully saturated rings. The van der Waals surface area contributed by atoms with Gasteiger partial charge in [-0.25, -0.2) is 0 Å². The van der Waals surface area contributed by atoms with Gasteiger partial charge in [-0.3, -0.25) is 0 Å². The first-order valence-corrected chi connectivity index (χ1v) is 23.2. The summed E-state index contributed by atoms with van der Waals surface area (Å²) >= 11 is 1.89. The van der Waals surface area contributed by atoms with E-state index in [1.807, 2.05) is 11.8 Å². The van der Waals surface area contributed by atoms with Crippen molar-refractivity contribution in [2.45, 2.75) is 20.6 Å². The third kappa shape index (κ3) is 4.91. The molecule has 2 heterocycles. The van der Waals surface area contributed by atoms with Gasteiger partial charge in [-0.1, -0.05) is 194 Å². The molecular formula is C62H39NOS. The Hall–Kier alpha value is -7.85. The van der Waals surface area contributed by atoms with E-state index in [1.165, 1.54) is 87.7 Å². The summed E-state index contributed by atoms with van der Waals surface area (Å²) in [6, 6.07) is 87.5. The fraction of sp³-hybridized carbons (Fsp3) is 0.0323. The molecule has 0 amide bonds. The van der Waals surface area contributed by atoms with Crippen molar-refractivity contribution < 1.29 is 4.74 Å². The summed E-state index contributed by atoms with van der Waals surface area (Å²) in [6.45, 7) is 0. The lowest BCUT2D eigenvalue weighted by atomic mass is 9.66. The van der Waals surface area contributed by atoms with E-state index >= 15 is 0 Å². The molecule has 0 radical (unpaired) electrons. The summed E-state index contributed by atoms with van der Waals surface area (Å²) in [7, 11) is 0. The molecule has 0 unspecified atom stereocenters. The Labute approximate surface area is 383 Å². The predicted molar refractivity (Wildman–Crippen MR) is 265 cm³/mol. The lowest BCUT2D eigenvalue weighted by Gasteiger charge is -2.39. The number of rotatable bonds is 4. The van der Waals surface area contributed by atoms with Gasteiger partial charge in [0.25, 0.3) is 0 Å². The minimum Gasteiger partial charge on any atom is -0.457 e. The fourth-order valence-corrected chi connectivity index (χ4v) is 13.1. The first-order chi connectivity index (χ1) is 32.2. The van der Waals surface area contributed by atoms with Crippen LogP contribution in [-0.2, 0) is 10.8 Å². The Morgan fingerprint density at radius 3 is 1.26 bits per heavy atom. The van der Waals surface area contributed by atoms with Gasteiger partial charge in [0.05, 0.1) is 16.5 Å². The Morgan fingerprint density at radius 2 is 0.708 bits per heavy atom. The molecule has 3 heteroatoms. The Kier molecular flexibility index (Phi) is 7.79. The Balaban J connectivity index is 1.03. The normalized spacial score (nSPS) is 14.5. The zero-order valence-corrected chi connectivity index (χ0v) is 36.1. The zero-order valence-electron chi connectivity index (χ0n) is 35.3. The van der Waals surface area contributed by atoms with Crippen molar-refractivity contribution in [1.29, 1.82) is 0 Å². The van der Waals surface area contributed by atoms with Gasteiger partial charge in [0, 0.05) is 37.9 Å². The molecule has 10 aromatic carbocycles. The second kappa shape index (κ2) is 13.8. The lowest BCUT2D eigenvalue weighted by molar-refractivity contribution is 0.436. The van der Waals surface area contributed by atoms with Gasteiger partial charge in [-0.05, 0) is 116 Å². The summed E-state index contributed by atoms with van der Waals surface area (Å²) in [4.78, 5) is 5.11. The van der Waals surface area contributed by atoms with Crippen LogP contribution >= 0.6 is 11.8 Å². The summed E-state index contributed by atoms with van der Waals surface area (Å²) in [5.74, 6) is 1.80. The maximum absolute atomic E-state index is 6.66. The summed E-state index contributed by atoms with van der Waals surface area (Å²) in [5, 5.41) is 0. The number of ether oxygens (including phenoxy) is 1. The van der Waals surface area contributed by atoms with Gasteiger partial charge in [0.1, 0.15) is 11.5 Å². The summed E-state index contributed by atoms with van der Waals surface area (Å²) in [6.07, 6.45) is 0. The number of hydrogen-bond donors (Lipinski definition) is 0. The molecule has 2 nitrogen and oxygen atoms in total. The number of anilines is 3. The molecule has 2 spiro atoms. The van der Waals surface area contributed by atoms with E-state index in [4.69, 9.17) is 4.74 Å². The van der Waals surface area contributed by atoms with E-state index in [1.54, 1.807) is 0 Å². The topological polar surface area (TPSA) is 12.5 Å². The van der Waals surface area contributed by atoms with Crippen LogP contribution in [0, 0.1) is 0 Å². The molecule has 10 aromatic rings. The van der Waals surface area contributed by atoms with Crippen LogP contribution < -0.4 is 9.64 Å². The molecule has 2 aliphatic heterocycles. The highest BCUT2D eigenvalue weighted by atomic mass is 32.2. The van der Waals surface area contributed by atoms with Crippen molar-refractivity contribution in [2.75, 3.05) is 4.90 Å². The highest BCUT2D eigenvalue weighted by Gasteiger charge is 2.52. The van der Waals surface area contributed by atoms with Crippen molar-refractivity contribution in [3.8, 4) is 44.9 Å². The second-order valence-corrected chi connectivity index (χ2v) is 18.5. The van der Waals surface area contributed by atoms with E-state index in [9.17, 15) is 0 Å². The first kappa shape index (κ1) is 36.6. The highest BCUT2D eigenvalue weighted by Crippen LogP contribution is 2.65. The van der Waals surface area contributed by atoms with Gasteiger partial charge in [0.2, 0.25) is 0 Å².